The van der Waals surface area contributed by atoms with Gasteiger partial charge in [-0.3, -0.25) is 9.59 Å². The Labute approximate surface area is 161 Å². The molecular weight excluding hydrogens is 434 g/mol. The van der Waals surface area contributed by atoms with Crippen LogP contribution >= 0.6 is 58.4 Å². The monoisotopic (exact) mass is 458 g/mol. The highest BCUT2D eigenvalue weighted by Crippen LogP contribution is 2.57. The first-order valence-corrected chi connectivity index (χ1v) is 14.1. The fourth-order valence-electron chi connectivity index (χ4n) is 0.876. The van der Waals surface area contributed by atoms with Crippen LogP contribution in [0.5, 0.6) is 0 Å². The first-order valence-electron chi connectivity index (χ1n) is 6.42. The van der Waals surface area contributed by atoms with E-state index in [1.165, 1.54) is 45.8 Å². The maximum absolute atomic E-state index is 10.8. The third-order valence-electron chi connectivity index (χ3n) is 1.78. The maximum atomic E-state index is 10.8. The Kier molecular flexibility index (Phi) is 19.8. The number of rotatable bonds is 13. The Hall–Kier alpha value is 1.04. The Bertz CT molecular complexity index is 349. The second kappa shape index (κ2) is 17.5. The Morgan fingerprint density at radius 3 is 1.88 bits per heavy atom. The Morgan fingerprint density at radius 1 is 1.12 bits per heavy atom. The van der Waals surface area contributed by atoms with Gasteiger partial charge >= 0.3 is 5.12 Å². The van der Waals surface area contributed by atoms with Gasteiger partial charge in [0.1, 0.15) is 0 Å². The van der Waals surface area contributed by atoms with Crippen LogP contribution in [0.1, 0.15) is 13.8 Å². The van der Waals surface area contributed by atoms with Crippen molar-refractivity contribution >= 4 is 70.2 Å². The summed E-state index contributed by atoms with van der Waals surface area (Å²) >= 11 is 0. The SMILES string of the molecule is CCOP(OCC)SSCC(N)=O.COC(OC)(SSP)C(N)=O. The molecule has 0 spiro atoms. The Morgan fingerprint density at radius 2 is 1.62 bits per heavy atom. The van der Waals surface area contributed by atoms with E-state index in [1.54, 1.807) is 0 Å². The number of ether oxygens (including phenoxy) is 2. The molecule has 0 fully saturated rings. The molecule has 0 bridgehead atoms. The molecule has 0 aliphatic carbocycles. The van der Waals surface area contributed by atoms with Gasteiger partial charge in [-0.1, -0.05) is 29.6 Å². The van der Waals surface area contributed by atoms with Crippen molar-refractivity contribution in [2.24, 2.45) is 11.5 Å². The summed E-state index contributed by atoms with van der Waals surface area (Å²) in [7, 11) is 9.33. The van der Waals surface area contributed by atoms with Gasteiger partial charge in [0.15, 0.2) is 0 Å². The van der Waals surface area contributed by atoms with Crippen LogP contribution in [0.2, 0.25) is 0 Å². The van der Waals surface area contributed by atoms with Gasteiger partial charge in [-0.05, 0) is 35.1 Å². The van der Waals surface area contributed by atoms with Gasteiger partial charge in [0, 0.05) is 14.2 Å². The van der Waals surface area contributed by atoms with E-state index < -0.39 is 18.6 Å². The van der Waals surface area contributed by atoms with Crippen LogP contribution in [0.25, 0.3) is 0 Å². The molecule has 2 amide bonds. The number of hydrogen-bond acceptors (Lipinski definition) is 10. The van der Waals surface area contributed by atoms with E-state index in [9.17, 15) is 9.59 Å². The van der Waals surface area contributed by atoms with Gasteiger partial charge in [0.05, 0.1) is 19.0 Å². The molecule has 0 saturated heterocycles. The number of nitrogens with two attached hydrogens (primary N) is 2. The van der Waals surface area contributed by atoms with E-state index in [4.69, 9.17) is 30.0 Å². The van der Waals surface area contributed by atoms with Crippen LogP contribution in [0, 0.1) is 0 Å². The molecule has 4 N–H and O–H groups in total. The number of hydrogen-bond donors (Lipinski definition) is 2. The summed E-state index contributed by atoms with van der Waals surface area (Å²) in [5.74, 6) is -0.674. The van der Waals surface area contributed by atoms with Crippen LogP contribution in [-0.2, 0) is 28.1 Å². The third-order valence-corrected chi connectivity index (χ3v) is 9.72. The van der Waals surface area contributed by atoms with Gasteiger partial charge in [-0.2, -0.15) is 0 Å². The van der Waals surface area contributed by atoms with E-state index in [0.717, 1.165) is 10.8 Å². The van der Waals surface area contributed by atoms with Crippen molar-refractivity contribution in [1.82, 2.24) is 0 Å². The first kappa shape index (κ1) is 27.3. The first-order chi connectivity index (χ1) is 11.3. The van der Waals surface area contributed by atoms with Gasteiger partial charge in [0.2, 0.25) is 13.5 Å². The molecular formula is C10H24N2O6P2S4. The molecule has 0 aromatic rings. The number of carbonyl (C=O) groups excluding carboxylic acids is 2. The lowest BCUT2D eigenvalue weighted by atomic mass is 10.6. The molecule has 0 rings (SSSR count). The molecule has 0 radical (unpaired) electrons. The molecule has 14 heteroatoms. The number of carbonyl (C=O) groups is 2. The molecule has 8 nitrogen and oxygen atoms in total. The zero-order valence-corrected chi connectivity index (χ0v) is 19.2. The molecule has 24 heavy (non-hydrogen) atoms. The van der Waals surface area contributed by atoms with Crippen molar-refractivity contribution in [3.8, 4) is 0 Å². The van der Waals surface area contributed by atoms with E-state index in [-0.39, 0.29) is 5.91 Å². The third kappa shape index (κ3) is 13.3. The highest BCUT2D eigenvalue weighted by atomic mass is 33.3. The van der Waals surface area contributed by atoms with E-state index in [0.29, 0.717) is 19.0 Å². The maximum Gasteiger partial charge on any atom is 0.310 e. The highest BCUT2D eigenvalue weighted by molar-refractivity contribution is 8.97. The van der Waals surface area contributed by atoms with Crippen molar-refractivity contribution in [1.29, 1.82) is 0 Å². The summed E-state index contributed by atoms with van der Waals surface area (Å²) in [5, 5.41) is -1.37. The molecule has 0 aromatic carbocycles. The van der Waals surface area contributed by atoms with Crippen LogP contribution in [0.15, 0.2) is 0 Å². The molecule has 0 aliphatic rings. The average molecular weight is 459 g/mol. The minimum absolute atomic E-state index is 0.295. The summed E-state index contributed by atoms with van der Waals surface area (Å²) in [5.41, 5.74) is 10.0. The quantitative estimate of drug-likeness (QED) is 0.242. The minimum Gasteiger partial charge on any atom is -0.369 e. The van der Waals surface area contributed by atoms with Crippen molar-refractivity contribution < 1.29 is 28.1 Å². The smallest absolute Gasteiger partial charge is 0.310 e. The molecule has 144 valence electrons. The summed E-state index contributed by atoms with van der Waals surface area (Å²) in [6.45, 7) is 5.06. The predicted molar refractivity (Wildman–Crippen MR) is 110 cm³/mol. The standard InChI is InChI=1S/C6H14NO3PS2.C4H10NO3PS2/c1-3-9-11(10-4-2)13-12-5-6(7)8;1-7-4(8-2,3(5)6)10-11-9/h3-5H2,1-2H3,(H2,7,8);9H2,1-2H3,(H2,5,6). The second-order valence-electron chi connectivity index (χ2n) is 3.37. The summed E-state index contributed by atoms with van der Waals surface area (Å²) in [6.07, 6.45) is 0. The van der Waals surface area contributed by atoms with Crippen LogP contribution in [-0.4, -0.2) is 50.1 Å². The van der Waals surface area contributed by atoms with Gasteiger partial charge in [-0.15, -0.1) is 0 Å². The Balaban J connectivity index is 0. The number of primary amides is 2. The molecule has 0 heterocycles. The molecule has 1 unspecified atom stereocenters. The normalized spacial score (nSPS) is 11.1. The predicted octanol–water partition coefficient (Wildman–Crippen LogP) is 2.74. The average Bonchev–Trinajstić information content (AvgIpc) is 2.53. The lowest BCUT2D eigenvalue weighted by Gasteiger charge is -2.24. The molecule has 1 atom stereocenters. The van der Waals surface area contributed by atoms with Crippen molar-refractivity contribution in [3.63, 3.8) is 0 Å². The van der Waals surface area contributed by atoms with Gasteiger partial charge in [0.25, 0.3) is 5.91 Å². The minimum atomic E-state index is -1.37. The van der Waals surface area contributed by atoms with E-state index in [1.807, 2.05) is 13.8 Å². The highest BCUT2D eigenvalue weighted by Gasteiger charge is 2.38. The number of methoxy groups -OCH3 is 2. The fraction of sp³-hybridized carbons (Fsp3) is 0.800. The van der Waals surface area contributed by atoms with Crippen LogP contribution < -0.4 is 11.5 Å². The molecule has 0 aromatic heterocycles. The van der Waals surface area contributed by atoms with Crippen molar-refractivity contribution in [2.45, 2.75) is 19.0 Å². The van der Waals surface area contributed by atoms with Crippen molar-refractivity contribution in [3.05, 3.63) is 0 Å². The van der Waals surface area contributed by atoms with Gasteiger partial charge in [-0.25, -0.2) is 0 Å². The number of amides is 2. The van der Waals surface area contributed by atoms with Crippen molar-refractivity contribution in [2.75, 3.05) is 33.2 Å². The van der Waals surface area contributed by atoms with Gasteiger partial charge < -0.3 is 30.0 Å². The topological polar surface area (TPSA) is 123 Å². The lowest BCUT2D eigenvalue weighted by Crippen LogP contribution is -2.43. The lowest BCUT2D eigenvalue weighted by molar-refractivity contribution is -0.166. The second-order valence-corrected chi connectivity index (χ2v) is 12.1. The molecule has 0 aliphatic heterocycles. The zero-order chi connectivity index (χ0) is 19.0. The fourth-order valence-corrected chi connectivity index (χ4v) is 7.91. The van der Waals surface area contributed by atoms with Crippen LogP contribution in [0.3, 0.4) is 0 Å². The van der Waals surface area contributed by atoms with E-state index >= 15 is 0 Å². The largest absolute Gasteiger partial charge is 0.369 e. The summed E-state index contributed by atoms with van der Waals surface area (Å²) in [4.78, 5) is 21.2. The summed E-state index contributed by atoms with van der Waals surface area (Å²) < 4.78 is 20.2. The van der Waals surface area contributed by atoms with E-state index in [2.05, 4.69) is 8.44 Å². The van der Waals surface area contributed by atoms with Crippen LogP contribution in [0.4, 0.5) is 0 Å². The summed E-state index contributed by atoms with van der Waals surface area (Å²) in [6, 6.07) is 0. The molecule has 0 saturated carbocycles. The zero-order valence-electron chi connectivity index (χ0n) is 13.9.